The first-order valence-corrected chi connectivity index (χ1v) is 9.69. The highest BCUT2D eigenvalue weighted by molar-refractivity contribution is 8.02. The summed E-state index contributed by atoms with van der Waals surface area (Å²) in [5, 5.41) is 8.24. The quantitative estimate of drug-likeness (QED) is 0.629. The van der Waals surface area contributed by atoms with Crippen LogP contribution in [0.25, 0.3) is 0 Å². The number of hydrogen-bond donors (Lipinski definition) is 2. The van der Waals surface area contributed by atoms with Crippen molar-refractivity contribution in [2.24, 2.45) is 0 Å². The molecule has 0 radical (unpaired) electrons. The molecule has 0 fully saturated rings. The summed E-state index contributed by atoms with van der Waals surface area (Å²) in [6.45, 7) is 1.65. The zero-order chi connectivity index (χ0) is 19.4. The van der Waals surface area contributed by atoms with Crippen molar-refractivity contribution in [1.29, 1.82) is 0 Å². The molecule has 1 aliphatic rings. The Morgan fingerprint density at radius 2 is 1.85 bits per heavy atom. The van der Waals surface area contributed by atoms with E-state index in [1.165, 1.54) is 12.1 Å². The molecule has 1 heterocycles. The van der Waals surface area contributed by atoms with Crippen LogP contribution in [0.3, 0.4) is 0 Å². The number of thioether (sulfide) groups is 1. The molecule has 8 heteroatoms. The van der Waals surface area contributed by atoms with Crippen LogP contribution in [-0.4, -0.2) is 11.0 Å². The fourth-order valence-electron chi connectivity index (χ4n) is 2.75. The summed E-state index contributed by atoms with van der Waals surface area (Å²) in [5.74, 6) is 0.878. The number of benzene rings is 2. The molecular weight excluding hydrogens is 391 g/mol. The van der Waals surface area contributed by atoms with Gasteiger partial charge in [0, 0.05) is 17.6 Å². The standard InChI is InChI=1S/C19H18F3N3S2/c1-13(16-4-2-3-5-17(16)19(20,21)22)23-18(26)24-14-6-8-15(9-7-14)25-10-11-27-12-25/h2-11,13H,12H2,1H3,(H2,23,24,26). The Kier molecular flexibility index (Phi) is 5.96. The minimum Gasteiger partial charge on any atom is -0.356 e. The second-order valence-electron chi connectivity index (χ2n) is 6.00. The third-order valence-electron chi connectivity index (χ3n) is 4.09. The Morgan fingerprint density at radius 1 is 1.15 bits per heavy atom. The van der Waals surface area contributed by atoms with Gasteiger partial charge in [-0.25, -0.2) is 0 Å². The van der Waals surface area contributed by atoms with Crippen molar-refractivity contribution in [1.82, 2.24) is 5.32 Å². The summed E-state index contributed by atoms with van der Waals surface area (Å²) in [5.41, 5.74) is 1.33. The first-order chi connectivity index (χ1) is 12.8. The molecule has 0 spiro atoms. The second kappa shape index (κ2) is 8.22. The zero-order valence-corrected chi connectivity index (χ0v) is 16.1. The fourth-order valence-corrected chi connectivity index (χ4v) is 3.76. The number of rotatable bonds is 4. The maximum atomic E-state index is 13.2. The number of anilines is 2. The Balaban J connectivity index is 1.63. The van der Waals surface area contributed by atoms with Crippen LogP contribution in [0.5, 0.6) is 0 Å². The van der Waals surface area contributed by atoms with Gasteiger partial charge in [0.25, 0.3) is 0 Å². The normalized spacial score (nSPS) is 14.9. The maximum absolute atomic E-state index is 13.2. The minimum atomic E-state index is -4.40. The smallest absolute Gasteiger partial charge is 0.356 e. The minimum absolute atomic E-state index is 0.155. The topological polar surface area (TPSA) is 27.3 Å². The molecule has 2 N–H and O–H groups in total. The number of nitrogens with zero attached hydrogens (tertiary/aromatic N) is 1. The van der Waals surface area contributed by atoms with E-state index in [0.29, 0.717) is 0 Å². The Labute approximate surface area is 165 Å². The van der Waals surface area contributed by atoms with Gasteiger partial charge in [0.05, 0.1) is 17.5 Å². The highest BCUT2D eigenvalue weighted by Gasteiger charge is 2.34. The summed E-state index contributed by atoms with van der Waals surface area (Å²) >= 11 is 6.98. The molecule has 1 unspecified atom stereocenters. The molecule has 1 atom stereocenters. The van der Waals surface area contributed by atoms with E-state index in [9.17, 15) is 13.2 Å². The molecule has 0 saturated carbocycles. The van der Waals surface area contributed by atoms with Crippen LogP contribution in [0.2, 0.25) is 0 Å². The Hall–Kier alpha value is -2.19. The lowest BCUT2D eigenvalue weighted by molar-refractivity contribution is -0.138. The van der Waals surface area contributed by atoms with Gasteiger partial charge in [-0.3, -0.25) is 0 Å². The molecule has 1 aliphatic heterocycles. The molecule has 3 nitrogen and oxygen atoms in total. The van der Waals surface area contributed by atoms with Crippen LogP contribution in [0.4, 0.5) is 24.5 Å². The van der Waals surface area contributed by atoms with Crippen molar-refractivity contribution >= 4 is 40.5 Å². The van der Waals surface area contributed by atoms with Gasteiger partial charge in [-0.05, 0) is 60.4 Å². The predicted molar refractivity (Wildman–Crippen MR) is 110 cm³/mol. The summed E-state index contributed by atoms with van der Waals surface area (Å²) in [6, 6.07) is 12.6. The molecule has 2 aromatic carbocycles. The van der Waals surface area contributed by atoms with E-state index >= 15 is 0 Å². The van der Waals surface area contributed by atoms with Crippen LogP contribution < -0.4 is 15.5 Å². The van der Waals surface area contributed by atoms with E-state index in [4.69, 9.17) is 12.2 Å². The van der Waals surface area contributed by atoms with Gasteiger partial charge in [-0.15, -0.1) is 11.8 Å². The van der Waals surface area contributed by atoms with Crippen LogP contribution in [-0.2, 0) is 6.18 Å². The third-order valence-corrected chi connectivity index (χ3v) is 5.05. The SMILES string of the molecule is CC(NC(=S)Nc1ccc(N2C=CSC2)cc1)c1ccccc1C(F)(F)F. The van der Waals surface area contributed by atoms with E-state index < -0.39 is 17.8 Å². The molecule has 2 aromatic rings. The lowest BCUT2D eigenvalue weighted by Crippen LogP contribution is -2.32. The predicted octanol–water partition coefficient (Wildman–Crippen LogP) is 5.73. The van der Waals surface area contributed by atoms with E-state index in [0.717, 1.165) is 23.3 Å². The van der Waals surface area contributed by atoms with Gasteiger partial charge in [-0.1, -0.05) is 18.2 Å². The summed E-state index contributed by atoms with van der Waals surface area (Å²) in [6.07, 6.45) is -2.39. The highest BCUT2D eigenvalue weighted by Crippen LogP contribution is 2.34. The Morgan fingerprint density at radius 3 is 2.48 bits per heavy atom. The monoisotopic (exact) mass is 409 g/mol. The number of hydrogen-bond acceptors (Lipinski definition) is 3. The summed E-state index contributed by atoms with van der Waals surface area (Å²) < 4.78 is 39.5. The van der Waals surface area contributed by atoms with Crippen molar-refractivity contribution in [3.05, 3.63) is 71.3 Å². The molecule has 27 heavy (non-hydrogen) atoms. The van der Waals surface area contributed by atoms with Gasteiger partial charge in [0.1, 0.15) is 0 Å². The maximum Gasteiger partial charge on any atom is 0.416 e. The van der Waals surface area contributed by atoms with Gasteiger partial charge >= 0.3 is 6.18 Å². The fraction of sp³-hybridized carbons (Fsp3) is 0.211. The van der Waals surface area contributed by atoms with Gasteiger partial charge in [0.2, 0.25) is 0 Å². The van der Waals surface area contributed by atoms with E-state index in [1.54, 1.807) is 24.8 Å². The lowest BCUT2D eigenvalue weighted by Gasteiger charge is -2.21. The van der Waals surface area contributed by atoms with E-state index in [-0.39, 0.29) is 10.7 Å². The number of thiocarbonyl (C=S) groups is 1. The number of nitrogens with one attached hydrogen (secondary N) is 2. The lowest BCUT2D eigenvalue weighted by atomic mass is 10.0. The molecule has 0 bridgehead atoms. The first kappa shape index (κ1) is 19.6. The van der Waals surface area contributed by atoms with Crippen molar-refractivity contribution < 1.29 is 13.2 Å². The van der Waals surface area contributed by atoms with Crippen LogP contribution in [0.15, 0.2) is 60.1 Å². The molecule has 0 amide bonds. The molecular formula is C19H18F3N3S2. The van der Waals surface area contributed by atoms with Gasteiger partial charge in [0.15, 0.2) is 5.11 Å². The molecule has 0 aromatic heterocycles. The van der Waals surface area contributed by atoms with Crippen LogP contribution in [0, 0.1) is 0 Å². The zero-order valence-electron chi connectivity index (χ0n) is 14.5. The molecule has 142 valence electrons. The largest absolute Gasteiger partial charge is 0.416 e. The average Bonchev–Trinajstić information content (AvgIpc) is 3.16. The average molecular weight is 410 g/mol. The van der Waals surface area contributed by atoms with Crippen molar-refractivity contribution in [3.8, 4) is 0 Å². The third kappa shape index (κ3) is 4.95. The van der Waals surface area contributed by atoms with E-state index in [2.05, 4.69) is 15.5 Å². The van der Waals surface area contributed by atoms with Crippen LogP contribution >= 0.6 is 24.0 Å². The van der Waals surface area contributed by atoms with Gasteiger partial charge in [-0.2, -0.15) is 13.2 Å². The second-order valence-corrected chi connectivity index (χ2v) is 7.27. The van der Waals surface area contributed by atoms with Crippen molar-refractivity contribution in [3.63, 3.8) is 0 Å². The van der Waals surface area contributed by atoms with Gasteiger partial charge < -0.3 is 15.5 Å². The summed E-state index contributed by atoms with van der Waals surface area (Å²) in [7, 11) is 0. The number of alkyl halides is 3. The summed E-state index contributed by atoms with van der Waals surface area (Å²) in [4.78, 5) is 2.11. The van der Waals surface area contributed by atoms with Crippen molar-refractivity contribution in [2.75, 3.05) is 16.1 Å². The highest BCUT2D eigenvalue weighted by atomic mass is 32.2. The van der Waals surface area contributed by atoms with Crippen LogP contribution in [0.1, 0.15) is 24.1 Å². The molecule has 0 saturated heterocycles. The van der Waals surface area contributed by atoms with E-state index in [1.807, 2.05) is 35.9 Å². The first-order valence-electron chi connectivity index (χ1n) is 8.23. The molecule has 3 rings (SSSR count). The molecule has 0 aliphatic carbocycles. The Bertz CT molecular complexity index is 835. The van der Waals surface area contributed by atoms with Crippen molar-refractivity contribution in [2.45, 2.75) is 19.1 Å². The number of halogens is 3.